The molecule has 1 aliphatic rings. The van der Waals surface area contributed by atoms with Crippen LogP contribution in [0.1, 0.15) is 11.1 Å². The normalized spacial score (nSPS) is 15.3. The lowest BCUT2D eigenvalue weighted by molar-refractivity contribution is 0.0730. The van der Waals surface area contributed by atoms with Gasteiger partial charge in [0, 0.05) is 50.4 Å². The maximum Gasteiger partial charge on any atom is 0.243 e. The molecular weight excluding hydrogens is 440 g/mol. The first-order valence-electron chi connectivity index (χ1n) is 10.9. The number of benzene rings is 2. The second kappa shape index (κ2) is 9.11. The lowest BCUT2D eigenvalue weighted by Gasteiger charge is -2.26. The Morgan fingerprint density at radius 2 is 1.79 bits per heavy atom. The lowest BCUT2D eigenvalue weighted by atomic mass is 10.2. The molecule has 0 amide bonds. The topological polar surface area (TPSA) is 89.6 Å². The Balaban J connectivity index is 1.25. The number of rotatable bonds is 7. The van der Waals surface area contributed by atoms with Crippen LogP contribution in [0.4, 0.5) is 0 Å². The number of ether oxygens (including phenoxy) is 1. The average Bonchev–Trinajstić information content (AvgIpc) is 3.43. The molecule has 0 radical (unpaired) electrons. The highest BCUT2D eigenvalue weighted by Gasteiger charge is 2.26. The number of hydrogen-bond donors (Lipinski definition) is 1. The molecule has 9 heteroatoms. The van der Waals surface area contributed by atoms with Crippen molar-refractivity contribution in [1.82, 2.24) is 19.4 Å². The van der Waals surface area contributed by atoms with E-state index in [9.17, 15) is 8.42 Å². The molecule has 0 aliphatic carbocycles. The number of hydrogen-bond acceptors (Lipinski definition) is 6. The lowest BCUT2D eigenvalue weighted by Crippen LogP contribution is -2.40. The second-order valence-electron chi connectivity index (χ2n) is 8.09. The predicted molar refractivity (Wildman–Crippen MR) is 125 cm³/mol. The summed E-state index contributed by atoms with van der Waals surface area (Å²) in [6.45, 7) is 2.87. The van der Waals surface area contributed by atoms with Gasteiger partial charge < -0.3 is 14.5 Å². The molecule has 0 spiro atoms. The zero-order valence-corrected chi connectivity index (χ0v) is 19.2. The minimum absolute atomic E-state index is 0.313. The minimum Gasteiger partial charge on any atom is -0.454 e. The van der Waals surface area contributed by atoms with E-state index in [0.29, 0.717) is 44.3 Å². The second-order valence-corrected chi connectivity index (χ2v) is 10.0. The summed E-state index contributed by atoms with van der Waals surface area (Å²) in [5.41, 5.74) is 3.69. The third kappa shape index (κ3) is 4.58. The van der Waals surface area contributed by atoms with E-state index < -0.39 is 10.0 Å². The number of furan rings is 1. The smallest absolute Gasteiger partial charge is 0.243 e. The fourth-order valence-corrected chi connectivity index (χ4v) is 5.44. The van der Waals surface area contributed by atoms with Crippen molar-refractivity contribution in [3.63, 3.8) is 0 Å². The molecule has 0 unspecified atom stereocenters. The molecule has 4 aromatic rings. The Hall–Kier alpha value is -2.98. The summed E-state index contributed by atoms with van der Waals surface area (Å²) < 4.78 is 40.1. The van der Waals surface area contributed by atoms with Crippen LogP contribution >= 0.6 is 0 Å². The minimum atomic E-state index is -3.48. The zero-order valence-electron chi connectivity index (χ0n) is 18.4. The van der Waals surface area contributed by atoms with Crippen molar-refractivity contribution >= 4 is 21.0 Å². The standard InChI is InChI=1S/C24H26N4O4S/c1-27-17-20(24(26-27)23-14-19-4-2-3-5-22(19)32-23)16-25-15-18-6-8-21(9-7-18)33(29,30)28-10-12-31-13-11-28/h2-9,14,17,25H,10-13,15-16H2,1H3. The number of sulfonamides is 1. The van der Waals surface area contributed by atoms with Crippen LogP contribution in [0.15, 0.2) is 70.1 Å². The van der Waals surface area contributed by atoms with Crippen molar-refractivity contribution in [3.05, 3.63) is 71.9 Å². The van der Waals surface area contributed by atoms with Gasteiger partial charge in [0.1, 0.15) is 11.3 Å². The average molecular weight is 467 g/mol. The van der Waals surface area contributed by atoms with E-state index in [-0.39, 0.29) is 0 Å². The van der Waals surface area contributed by atoms with Crippen LogP contribution in [0.3, 0.4) is 0 Å². The summed E-state index contributed by atoms with van der Waals surface area (Å²) >= 11 is 0. The van der Waals surface area contributed by atoms with Gasteiger partial charge in [0.05, 0.1) is 18.1 Å². The summed E-state index contributed by atoms with van der Waals surface area (Å²) in [5.74, 6) is 0.742. The Morgan fingerprint density at radius 1 is 1.03 bits per heavy atom. The first-order chi connectivity index (χ1) is 16.0. The Morgan fingerprint density at radius 3 is 2.55 bits per heavy atom. The number of aromatic nitrogens is 2. The van der Waals surface area contributed by atoms with E-state index in [2.05, 4.69) is 10.4 Å². The fraction of sp³-hybridized carbons (Fsp3) is 0.292. The van der Waals surface area contributed by atoms with Crippen molar-refractivity contribution in [1.29, 1.82) is 0 Å². The van der Waals surface area contributed by atoms with Gasteiger partial charge in [0.15, 0.2) is 5.76 Å². The van der Waals surface area contributed by atoms with Crippen molar-refractivity contribution in [2.45, 2.75) is 18.0 Å². The van der Waals surface area contributed by atoms with Gasteiger partial charge in [0.25, 0.3) is 0 Å². The van der Waals surface area contributed by atoms with E-state index in [4.69, 9.17) is 9.15 Å². The van der Waals surface area contributed by atoms with Crippen LogP contribution in [0.5, 0.6) is 0 Å². The number of para-hydroxylation sites is 1. The van der Waals surface area contributed by atoms with E-state index in [1.54, 1.807) is 16.8 Å². The number of aryl methyl sites for hydroxylation is 1. The SMILES string of the molecule is Cn1cc(CNCc2ccc(S(=O)(=O)N3CCOCC3)cc2)c(-c2cc3ccccc3o2)n1. The highest BCUT2D eigenvalue weighted by molar-refractivity contribution is 7.89. The quantitative estimate of drug-likeness (QED) is 0.450. The predicted octanol–water partition coefficient (Wildman–Crippen LogP) is 3.14. The van der Waals surface area contributed by atoms with Crippen LogP contribution in [0, 0.1) is 0 Å². The maximum absolute atomic E-state index is 12.8. The van der Waals surface area contributed by atoms with Gasteiger partial charge in [-0.3, -0.25) is 4.68 Å². The van der Waals surface area contributed by atoms with Gasteiger partial charge in [-0.15, -0.1) is 0 Å². The molecule has 2 aromatic heterocycles. The fourth-order valence-electron chi connectivity index (χ4n) is 4.03. The van der Waals surface area contributed by atoms with Crippen LogP contribution in [0.25, 0.3) is 22.4 Å². The largest absolute Gasteiger partial charge is 0.454 e. The summed E-state index contributed by atoms with van der Waals surface area (Å²) in [5, 5.41) is 9.06. The highest BCUT2D eigenvalue weighted by atomic mass is 32.2. The van der Waals surface area contributed by atoms with E-state index >= 15 is 0 Å². The Kier molecular flexibility index (Phi) is 6.03. The Bertz CT molecular complexity index is 1320. The Labute approximate surface area is 192 Å². The molecule has 0 saturated carbocycles. The molecule has 8 nitrogen and oxygen atoms in total. The van der Waals surface area contributed by atoms with Gasteiger partial charge in [-0.05, 0) is 29.8 Å². The summed E-state index contributed by atoms with van der Waals surface area (Å²) in [6, 6.07) is 17.0. The number of nitrogens with zero attached hydrogens (tertiary/aromatic N) is 3. The van der Waals surface area contributed by atoms with Gasteiger partial charge in [-0.2, -0.15) is 9.40 Å². The van der Waals surface area contributed by atoms with Crippen molar-refractivity contribution in [2.24, 2.45) is 7.05 Å². The van der Waals surface area contributed by atoms with Crippen LogP contribution < -0.4 is 5.32 Å². The molecule has 33 heavy (non-hydrogen) atoms. The van der Waals surface area contributed by atoms with Gasteiger partial charge in [-0.1, -0.05) is 30.3 Å². The molecule has 172 valence electrons. The van der Waals surface area contributed by atoms with Crippen LogP contribution in [-0.4, -0.2) is 48.8 Å². The molecule has 5 rings (SSSR count). The third-order valence-electron chi connectivity index (χ3n) is 5.74. The number of fused-ring (bicyclic) bond motifs is 1. The summed E-state index contributed by atoms with van der Waals surface area (Å²) in [7, 11) is -1.58. The molecular formula is C24H26N4O4S. The van der Waals surface area contributed by atoms with Gasteiger partial charge >= 0.3 is 0 Å². The van der Waals surface area contributed by atoms with Crippen molar-refractivity contribution < 1.29 is 17.6 Å². The third-order valence-corrected chi connectivity index (χ3v) is 7.65. The summed E-state index contributed by atoms with van der Waals surface area (Å²) in [4.78, 5) is 0.313. The van der Waals surface area contributed by atoms with Crippen LogP contribution in [-0.2, 0) is 34.9 Å². The highest BCUT2D eigenvalue weighted by Crippen LogP contribution is 2.29. The molecule has 0 atom stereocenters. The zero-order chi connectivity index (χ0) is 22.8. The molecule has 3 heterocycles. The first-order valence-corrected chi connectivity index (χ1v) is 12.3. The summed E-state index contributed by atoms with van der Waals surface area (Å²) in [6.07, 6.45) is 1.98. The number of nitrogens with one attached hydrogen (secondary N) is 1. The van der Waals surface area contributed by atoms with E-state index in [0.717, 1.165) is 33.6 Å². The molecule has 1 N–H and O–H groups in total. The monoisotopic (exact) mass is 466 g/mol. The van der Waals surface area contributed by atoms with Crippen molar-refractivity contribution in [3.8, 4) is 11.5 Å². The first kappa shape index (κ1) is 21.8. The molecule has 1 fully saturated rings. The van der Waals surface area contributed by atoms with E-state index in [1.807, 2.05) is 55.7 Å². The number of morpholine rings is 1. The molecule has 1 aliphatic heterocycles. The van der Waals surface area contributed by atoms with Gasteiger partial charge in [0.2, 0.25) is 10.0 Å². The molecule has 2 aromatic carbocycles. The molecule has 0 bridgehead atoms. The molecule has 1 saturated heterocycles. The van der Waals surface area contributed by atoms with Crippen LogP contribution in [0.2, 0.25) is 0 Å². The maximum atomic E-state index is 12.8. The van der Waals surface area contributed by atoms with E-state index in [1.165, 1.54) is 4.31 Å². The van der Waals surface area contributed by atoms with Gasteiger partial charge in [-0.25, -0.2) is 8.42 Å². The van der Waals surface area contributed by atoms with Crippen molar-refractivity contribution in [2.75, 3.05) is 26.3 Å².